The molecule has 2 aliphatic rings. The molecule has 1 aromatic carbocycles. The number of nitrogens with zero attached hydrogens (tertiary/aromatic N) is 4. The summed E-state index contributed by atoms with van der Waals surface area (Å²) in [7, 11) is 0. The molecule has 1 saturated heterocycles. The number of thiophene rings is 1. The second kappa shape index (κ2) is 8.12. The number of carbonyl (C=O) groups is 1. The van der Waals surface area contributed by atoms with Gasteiger partial charge in [-0.3, -0.25) is 14.6 Å². The zero-order valence-electron chi connectivity index (χ0n) is 14.9. The van der Waals surface area contributed by atoms with Crippen LogP contribution in [0.25, 0.3) is 0 Å². The molecule has 0 spiro atoms. The lowest BCUT2D eigenvalue weighted by Gasteiger charge is -2.34. The van der Waals surface area contributed by atoms with Crippen molar-refractivity contribution in [1.82, 2.24) is 14.8 Å². The molecule has 4 rings (SSSR count). The molecule has 0 radical (unpaired) electrons. The van der Waals surface area contributed by atoms with E-state index in [4.69, 9.17) is 0 Å². The van der Waals surface area contributed by atoms with Gasteiger partial charge in [0.15, 0.2) is 0 Å². The van der Waals surface area contributed by atoms with E-state index in [1.54, 1.807) is 5.01 Å². The van der Waals surface area contributed by atoms with E-state index in [1.165, 1.54) is 4.88 Å². The monoisotopic (exact) mass is 368 g/mol. The smallest absolute Gasteiger partial charge is 0.256 e. The summed E-state index contributed by atoms with van der Waals surface area (Å²) in [5, 5.41) is 8.34. The molecular weight excluding hydrogens is 344 g/mol. The van der Waals surface area contributed by atoms with Gasteiger partial charge in [-0.1, -0.05) is 36.4 Å². The van der Waals surface area contributed by atoms with E-state index in [0.717, 1.165) is 50.4 Å². The van der Waals surface area contributed by atoms with Crippen LogP contribution >= 0.6 is 11.3 Å². The fraction of sp³-hybridized carbons (Fsp3) is 0.400. The third-order valence-corrected chi connectivity index (χ3v) is 5.84. The van der Waals surface area contributed by atoms with Crippen molar-refractivity contribution in [2.45, 2.75) is 13.0 Å². The standard InChI is InChI=1S/C20H24N4OS/c25-20(24-9-8-19(21-24)17-5-2-1-3-6-17)16-23-12-10-22(11-13-23)15-18-7-4-14-26-18/h1-7,14H,8-13,15-16H2. The van der Waals surface area contributed by atoms with Crippen molar-refractivity contribution in [3.8, 4) is 0 Å². The third-order valence-electron chi connectivity index (χ3n) is 4.98. The first kappa shape index (κ1) is 17.4. The van der Waals surface area contributed by atoms with Crippen LogP contribution in [0.1, 0.15) is 16.9 Å². The van der Waals surface area contributed by atoms with Crippen molar-refractivity contribution in [1.29, 1.82) is 0 Å². The zero-order chi connectivity index (χ0) is 17.8. The van der Waals surface area contributed by atoms with Crippen LogP contribution in [0, 0.1) is 0 Å². The molecule has 1 fully saturated rings. The van der Waals surface area contributed by atoms with E-state index in [0.29, 0.717) is 13.1 Å². The van der Waals surface area contributed by atoms with Gasteiger partial charge in [-0.2, -0.15) is 5.10 Å². The van der Waals surface area contributed by atoms with Crippen LogP contribution in [0.2, 0.25) is 0 Å². The lowest BCUT2D eigenvalue weighted by Crippen LogP contribution is -2.48. The summed E-state index contributed by atoms with van der Waals surface area (Å²) in [5.74, 6) is 0.114. The lowest BCUT2D eigenvalue weighted by molar-refractivity contribution is -0.132. The van der Waals surface area contributed by atoms with Gasteiger partial charge in [0.2, 0.25) is 0 Å². The highest BCUT2D eigenvalue weighted by molar-refractivity contribution is 7.09. The van der Waals surface area contributed by atoms with Gasteiger partial charge in [0.05, 0.1) is 18.8 Å². The number of hydrogen-bond donors (Lipinski definition) is 0. The minimum atomic E-state index is 0.114. The van der Waals surface area contributed by atoms with Gasteiger partial charge in [-0.25, -0.2) is 5.01 Å². The topological polar surface area (TPSA) is 39.2 Å². The quantitative estimate of drug-likeness (QED) is 0.814. The molecule has 0 bridgehead atoms. The van der Waals surface area contributed by atoms with Crippen LogP contribution < -0.4 is 0 Å². The van der Waals surface area contributed by atoms with E-state index in [9.17, 15) is 4.79 Å². The normalized spacial score (nSPS) is 18.9. The molecule has 1 aromatic heterocycles. The number of hydrazone groups is 1. The fourth-order valence-electron chi connectivity index (χ4n) is 3.47. The van der Waals surface area contributed by atoms with Crippen LogP contribution in [0.3, 0.4) is 0 Å². The Kier molecular flexibility index (Phi) is 5.43. The first-order chi connectivity index (χ1) is 12.8. The first-order valence-electron chi connectivity index (χ1n) is 9.18. The SMILES string of the molecule is O=C(CN1CCN(Cc2cccs2)CC1)N1CCC(c2ccccc2)=N1. The Labute approximate surface area is 158 Å². The highest BCUT2D eigenvalue weighted by atomic mass is 32.1. The number of benzene rings is 1. The Morgan fingerprint density at radius 3 is 2.46 bits per heavy atom. The minimum Gasteiger partial charge on any atom is -0.296 e. The van der Waals surface area contributed by atoms with Gasteiger partial charge < -0.3 is 0 Å². The summed E-state index contributed by atoms with van der Waals surface area (Å²) in [4.78, 5) is 18.7. The molecule has 2 aromatic rings. The Bertz CT molecular complexity index is 751. The van der Waals surface area contributed by atoms with Crippen molar-refractivity contribution in [3.63, 3.8) is 0 Å². The Morgan fingerprint density at radius 2 is 1.73 bits per heavy atom. The van der Waals surface area contributed by atoms with Gasteiger partial charge >= 0.3 is 0 Å². The van der Waals surface area contributed by atoms with Crippen molar-refractivity contribution in [2.24, 2.45) is 5.10 Å². The van der Waals surface area contributed by atoms with E-state index in [-0.39, 0.29) is 5.91 Å². The summed E-state index contributed by atoms with van der Waals surface area (Å²) in [6.07, 6.45) is 0.838. The maximum absolute atomic E-state index is 12.6. The second-order valence-corrected chi connectivity index (χ2v) is 7.84. The van der Waals surface area contributed by atoms with Gasteiger partial charge in [0.25, 0.3) is 5.91 Å². The fourth-order valence-corrected chi connectivity index (χ4v) is 4.22. The van der Waals surface area contributed by atoms with Gasteiger partial charge in [-0.05, 0) is 17.0 Å². The Balaban J connectivity index is 1.26. The molecule has 5 nitrogen and oxygen atoms in total. The van der Waals surface area contributed by atoms with Crippen molar-refractivity contribution in [3.05, 3.63) is 58.3 Å². The van der Waals surface area contributed by atoms with Crippen molar-refractivity contribution < 1.29 is 4.79 Å². The maximum atomic E-state index is 12.6. The number of piperazine rings is 1. The van der Waals surface area contributed by atoms with E-state index >= 15 is 0 Å². The molecule has 26 heavy (non-hydrogen) atoms. The van der Waals surface area contributed by atoms with Gasteiger partial charge in [0.1, 0.15) is 0 Å². The van der Waals surface area contributed by atoms with E-state index in [2.05, 4.69) is 44.5 Å². The van der Waals surface area contributed by atoms with E-state index < -0.39 is 0 Å². The molecule has 2 aliphatic heterocycles. The van der Waals surface area contributed by atoms with Crippen LogP contribution in [-0.4, -0.2) is 65.7 Å². The lowest BCUT2D eigenvalue weighted by atomic mass is 10.1. The molecule has 0 saturated carbocycles. The third kappa shape index (κ3) is 4.20. The summed E-state index contributed by atoms with van der Waals surface area (Å²) >= 11 is 1.81. The average molecular weight is 369 g/mol. The second-order valence-electron chi connectivity index (χ2n) is 6.81. The summed E-state index contributed by atoms with van der Waals surface area (Å²) in [6.45, 7) is 6.12. The molecule has 0 aliphatic carbocycles. The summed E-state index contributed by atoms with van der Waals surface area (Å²) in [5.41, 5.74) is 2.13. The predicted molar refractivity (Wildman–Crippen MR) is 105 cm³/mol. The van der Waals surface area contributed by atoms with Crippen LogP contribution in [0.4, 0.5) is 0 Å². The van der Waals surface area contributed by atoms with Crippen LogP contribution in [0.15, 0.2) is 52.9 Å². The molecule has 1 amide bonds. The van der Waals surface area contributed by atoms with Crippen LogP contribution in [0.5, 0.6) is 0 Å². The summed E-state index contributed by atoms with van der Waals surface area (Å²) < 4.78 is 0. The minimum absolute atomic E-state index is 0.114. The van der Waals surface area contributed by atoms with Crippen molar-refractivity contribution >= 4 is 23.0 Å². The average Bonchev–Trinajstić information content (AvgIpc) is 3.36. The largest absolute Gasteiger partial charge is 0.296 e. The van der Waals surface area contributed by atoms with Gasteiger partial charge in [-0.15, -0.1) is 11.3 Å². The van der Waals surface area contributed by atoms with Gasteiger partial charge in [0, 0.05) is 44.0 Å². The number of carbonyl (C=O) groups excluding carboxylic acids is 1. The predicted octanol–water partition coefficient (Wildman–Crippen LogP) is 2.50. The number of rotatable bonds is 5. The van der Waals surface area contributed by atoms with E-state index in [1.807, 2.05) is 29.5 Å². The molecule has 0 N–H and O–H groups in total. The molecule has 0 atom stereocenters. The number of hydrogen-bond acceptors (Lipinski definition) is 5. The molecule has 3 heterocycles. The Morgan fingerprint density at radius 1 is 0.962 bits per heavy atom. The molecule has 0 unspecified atom stereocenters. The molecular formula is C20H24N4OS. The molecule has 6 heteroatoms. The summed E-state index contributed by atoms with van der Waals surface area (Å²) in [6, 6.07) is 14.4. The van der Waals surface area contributed by atoms with Crippen LogP contribution in [-0.2, 0) is 11.3 Å². The maximum Gasteiger partial charge on any atom is 0.256 e. The highest BCUT2D eigenvalue weighted by Crippen LogP contribution is 2.16. The highest BCUT2D eigenvalue weighted by Gasteiger charge is 2.25. The first-order valence-corrected chi connectivity index (χ1v) is 10.1. The number of amides is 1. The zero-order valence-corrected chi connectivity index (χ0v) is 15.7. The van der Waals surface area contributed by atoms with Crippen molar-refractivity contribution in [2.75, 3.05) is 39.3 Å². The molecule has 136 valence electrons. The Hall–Kier alpha value is -2.02.